The third-order valence-electron chi connectivity index (χ3n) is 8.02. The van der Waals surface area contributed by atoms with Gasteiger partial charge in [-0.15, -0.1) is 0 Å². The molecular formula is C29H25BrFNO3. The van der Waals surface area contributed by atoms with E-state index in [0.29, 0.717) is 29.4 Å². The lowest BCUT2D eigenvalue weighted by molar-refractivity contribution is -0.157. The third-order valence-corrected chi connectivity index (χ3v) is 8.51. The normalized spacial score (nSPS) is 23.4. The first-order valence-corrected chi connectivity index (χ1v) is 12.8. The number of carbonyl (C=O) groups excluding carboxylic acids is 1. The fourth-order valence-electron chi connectivity index (χ4n) is 6.38. The van der Waals surface area contributed by atoms with Crippen LogP contribution in [0.15, 0.2) is 65.3 Å². The number of hydrogen-bond acceptors (Lipinski definition) is 2. The summed E-state index contributed by atoms with van der Waals surface area (Å²) in [5.41, 5.74) is 2.43. The zero-order valence-electron chi connectivity index (χ0n) is 19.1. The van der Waals surface area contributed by atoms with Crippen molar-refractivity contribution in [1.29, 1.82) is 0 Å². The lowest BCUT2D eigenvalue weighted by Crippen LogP contribution is -2.50. The molecule has 3 aromatic carbocycles. The van der Waals surface area contributed by atoms with Gasteiger partial charge in [0.25, 0.3) is 0 Å². The van der Waals surface area contributed by atoms with Crippen LogP contribution in [-0.2, 0) is 11.3 Å². The summed E-state index contributed by atoms with van der Waals surface area (Å²) in [4.78, 5) is 24.5. The molecule has 0 amide bonds. The molecule has 4 aromatic rings. The molecule has 1 N–H and O–H groups in total. The molecular weight excluding hydrogens is 509 g/mol. The minimum Gasteiger partial charge on any atom is -0.481 e. The largest absolute Gasteiger partial charge is 0.481 e. The number of fused-ring (bicyclic) bond motifs is 2. The second kappa shape index (κ2) is 8.30. The van der Waals surface area contributed by atoms with Gasteiger partial charge in [0, 0.05) is 34.6 Å². The number of hydrogen-bond donors (Lipinski definition) is 1. The van der Waals surface area contributed by atoms with Gasteiger partial charge in [-0.25, -0.2) is 4.39 Å². The number of rotatable bonds is 6. The van der Waals surface area contributed by atoms with Crippen LogP contribution in [0.1, 0.15) is 48.0 Å². The molecule has 6 heteroatoms. The van der Waals surface area contributed by atoms with Crippen molar-refractivity contribution in [3.63, 3.8) is 0 Å². The molecule has 0 saturated heterocycles. The van der Waals surface area contributed by atoms with Crippen molar-refractivity contribution in [2.24, 2.45) is 17.3 Å². The summed E-state index contributed by atoms with van der Waals surface area (Å²) in [5.74, 6) is -0.935. The van der Waals surface area contributed by atoms with Crippen molar-refractivity contribution in [2.75, 3.05) is 0 Å². The van der Waals surface area contributed by atoms with E-state index >= 15 is 0 Å². The van der Waals surface area contributed by atoms with Gasteiger partial charge >= 0.3 is 5.97 Å². The van der Waals surface area contributed by atoms with E-state index in [-0.39, 0.29) is 28.9 Å². The summed E-state index contributed by atoms with van der Waals surface area (Å²) >= 11 is 3.51. The van der Waals surface area contributed by atoms with Crippen molar-refractivity contribution in [3.8, 4) is 0 Å². The molecule has 1 spiro atoms. The fourth-order valence-corrected chi connectivity index (χ4v) is 6.76. The zero-order chi connectivity index (χ0) is 24.3. The first-order chi connectivity index (χ1) is 16.8. The number of benzene rings is 3. The predicted octanol–water partition coefficient (Wildman–Crippen LogP) is 7.21. The molecule has 0 radical (unpaired) electrons. The van der Waals surface area contributed by atoms with Crippen LogP contribution < -0.4 is 0 Å². The highest BCUT2D eigenvalue weighted by molar-refractivity contribution is 9.10. The molecule has 0 aliphatic heterocycles. The maximum atomic E-state index is 14.6. The molecule has 0 bridgehead atoms. The first-order valence-electron chi connectivity index (χ1n) is 12.0. The highest BCUT2D eigenvalue weighted by atomic mass is 79.9. The van der Waals surface area contributed by atoms with E-state index in [1.807, 2.05) is 16.8 Å². The van der Waals surface area contributed by atoms with Crippen LogP contribution in [0.2, 0.25) is 0 Å². The Morgan fingerprint density at radius 2 is 1.74 bits per heavy atom. The summed E-state index contributed by atoms with van der Waals surface area (Å²) in [7, 11) is 0. The highest BCUT2D eigenvalue weighted by Gasteiger charge is 2.54. The topological polar surface area (TPSA) is 59.3 Å². The summed E-state index contributed by atoms with van der Waals surface area (Å²) in [6.07, 6.45) is 5.59. The maximum Gasteiger partial charge on any atom is 0.306 e. The number of aliphatic carboxylic acids is 1. The summed E-state index contributed by atoms with van der Waals surface area (Å²) in [5, 5.41) is 11.9. The SMILES string of the molecule is O=C(CC1CC2(C1)CC(C(=O)O)C2)c1ccc(F)c2ccn(Cc3ccc4cc(Br)ccc4c3)c12. The van der Waals surface area contributed by atoms with E-state index in [2.05, 4.69) is 46.3 Å². The first kappa shape index (κ1) is 22.5. The summed E-state index contributed by atoms with van der Waals surface area (Å²) in [6, 6.07) is 17.2. The smallest absolute Gasteiger partial charge is 0.306 e. The Morgan fingerprint density at radius 1 is 1.00 bits per heavy atom. The molecule has 1 aromatic heterocycles. The van der Waals surface area contributed by atoms with Crippen LogP contribution in [0, 0.1) is 23.1 Å². The van der Waals surface area contributed by atoms with Crippen LogP contribution in [0.4, 0.5) is 4.39 Å². The average Bonchev–Trinajstić information content (AvgIpc) is 3.19. The predicted molar refractivity (Wildman–Crippen MR) is 137 cm³/mol. The van der Waals surface area contributed by atoms with Crippen molar-refractivity contribution in [1.82, 2.24) is 4.57 Å². The molecule has 4 nitrogen and oxygen atoms in total. The second-order valence-corrected chi connectivity index (χ2v) is 11.4. The monoisotopic (exact) mass is 533 g/mol. The molecule has 0 unspecified atom stereocenters. The number of ketones is 1. The van der Waals surface area contributed by atoms with Crippen LogP contribution in [0.5, 0.6) is 0 Å². The highest BCUT2D eigenvalue weighted by Crippen LogP contribution is 2.62. The summed E-state index contributed by atoms with van der Waals surface area (Å²) in [6.45, 7) is 0.544. The molecule has 1 heterocycles. The summed E-state index contributed by atoms with van der Waals surface area (Å²) < 4.78 is 17.6. The molecule has 178 valence electrons. The van der Waals surface area contributed by atoms with Crippen LogP contribution in [0.3, 0.4) is 0 Å². The number of carbonyl (C=O) groups is 2. The molecule has 2 aliphatic rings. The van der Waals surface area contributed by atoms with Crippen LogP contribution in [-0.4, -0.2) is 21.4 Å². The number of halogens is 2. The van der Waals surface area contributed by atoms with Gasteiger partial charge in [-0.05, 0) is 89.8 Å². The van der Waals surface area contributed by atoms with Crippen molar-refractivity contribution in [2.45, 2.75) is 38.6 Å². The number of carboxylic acid groups (broad SMARTS) is 1. The van der Waals surface area contributed by atoms with Crippen LogP contribution >= 0.6 is 15.9 Å². The average molecular weight is 534 g/mol. The van der Waals surface area contributed by atoms with Crippen LogP contribution in [0.25, 0.3) is 21.7 Å². The third kappa shape index (κ3) is 3.98. The Labute approximate surface area is 210 Å². The lowest BCUT2D eigenvalue weighted by Gasteiger charge is -2.56. The Kier molecular flexibility index (Phi) is 5.33. The van der Waals surface area contributed by atoms with E-state index in [0.717, 1.165) is 46.5 Å². The number of carboxylic acids is 1. The van der Waals surface area contributed by atoms with Gasteiger partial charge in [0.1, 0.15) is 5.82 Å². The lowest BCUT2D eigenvalue weighted by atomic mass is 9.47. The molecule has 2 aliphatic carbocycles. The zero-order valence-corrected chi connectivity index (χ0v) is 20.7. The fraction of sp³-hybridized carbons (Fsp3) is 0.310. The van der Waals surface area contributed by atoms with Gasteiger partial charge in [0.2, 0.25) is 0 Å². The maximum absolute atomic E-state index is 14.6. The van der Waals surface area contributed by atoms with E-state index in [9.17, 15) is 14.0 Å². The molecule has 2 fully saturated rings. The number of nitrogens with zero attached hydrogens (tertiary/aromatic N) is 1. The van der Waals surface area contributed by atoms with Crippen molar-refractivity contribution >= 4 is 49.4 Å². The minimum atomic E-state index is -0.705. The molecule has 6 rings (SSSR count). The van der Waals surface area contributed by atoms with E-state index in [1.165, 1.54) is 6.07 Å². The van der Waals surface area contributed by atoms with Crippen molar-refractivity contribution in [3.05, 3.63) is 82.2 Å². The van der Waals surface area contributed by atoms with Gasteiger partial charge in [-0.1, -0.05) is 34.1 Å². The molecule has 2 saturated carbocycles. The standard InChI is InChI=1S/C29H25BrFNO3/c30-22-4-3-19-9-17(1-2-20(19)11-22)16-32-8-7-23-25(31)6-5-24(27(23)32)26(33)10-18-12-29(13-18)14-21(15-29)28(34)35/h1-9,11,18,21H,10,12-16H2,(H,34,35). The quantitative estimate of drug-likeness (QED) is 0.266. The second-order valence-electron chi connectivity index (χ2n) is 10.5. The minimum absolute atomic E-state index is 0.0345. The van der Waals surface area contributed by atoms with E-state index < -0.39 is 5.97 Å². The van der Waals surface area contributed by atoms with Gasteiger partial charge in [0.15, 0.2) is 5.78 Å². The Hall–Kier alpha value is -2.99. The van der Waals surface area contributed by atoms with Crippen molar-refractivity contribution < 1.29 is 19.1 Å². The molecule has 0 atom stereocenters. The Bertz CT molecular complexity index is 1490. The van der Waals surface area contributed by atoms with Gasteiger partial charge < -0.3 is 9.67 Å². The van der Waals surface area contributed by atoms with E-state index in [1.54, 1.807) is 12.1 Å². The van der Waals surface area contributed by atoms with Gasteiger partial charge in [0.05, 0.1) is 11.4 Å². The number of aromatic nitrogens is 1. The Balaban J connectivity index is 1.23. The van der Waals surface area contributed by atoms with E-state index in [4.69, 9.17) is 5.11 Å². The molecule has 35 heavy (non-hydrogen) atoms. The number of Topliss-reactive ketones (excluding diaryl/α,β-unsaturated/α-hetero) is 1. The van der Waals surface area contributed by atoms with Gasteiger partial charge in [-0.2, -0.15) is 0 Å². The Morgan fingerprint density at radius 3 is 2.51 bits per heavy atom. The van der Waals surface area contributed by atoms with Gasteiger partial charge in [-0.3, -0.25) is 9.59 Å².